The van der Waals surface area contributed by atoms with E-state index in [1.54, 1.807) is 0 Å². The Morgan fingerprint density at radius 1 is 2.00 bits per heavy atom. The molecule has 23 valence electrons. The maximum Gasteiger partial charge on any atom is 0.0470 e. The van der Waals surface area contributed by atoms with E-state index in [1.807, 2.05) is 0 Å². The fraction of sp³-hybridized carbons (Fsp3) is 0. The van der Waals surface area contributed by atoms with E-state index in [1.165, 1.54) is 0 Å². The molecule has 2 atom stereocenters. The molecule has 4 heavy (non-hydrogen) atoms. The van der Waals surface area contributed by atoms with Gasteiger partial charge in [0.05, 0.1) is 0 Å². The van der Waals surface area contributed by atoms with Crippen LogP contribution in [0.4, 0.5) is 0 Å². The van der Waals surface area contributed by atoms with E-state index in [9.17, 15) is 0 Å². The van der Waals surface area contributed by atoms with Gasteiger partial charge in [0.25, 0.3) is 0 Å². The van der Waals surface area contributed by atoms with Crippen LogP contribution < -0.4 is 0 Å². The second-order valence-corrected chi connectivity index (χ2v) is 5.49. The molecule has 1 radical (unpaired) electrons. The van der Waals surface area contributed by atoms with Crippen LogP contribution in [0.1, 0.15) is 0 Å². The molecule has 0 amide bonds. The maximum atomic E-state index is 3.62. The molecule has 0 saturated carbocycles. The largest absolute Gasteiger partial charge is 0.115 e. The van der Waals surface area contributed by atoms with E-state index in [-0.39, 0.29) is 0 Å². The topological polar surface area (TPSA) is 0 Å². The van der Waals surface area contributed by atoms with Gasteiger partial charge in [-0.25, -0.2) is 0 Å². The summed E-state index contributed by atoms with van der Waals surface area (Å²) < 4.78 is 0. The van der Waals surface area contributed by atoms with Crippen molar-refractivity contribution in [1.82, 2.24) is 0 Å². The summed E-state index contributed by atoms with van der Waals surface area (Å²) in [7, 11) is 4.49. The molecule has 0 aliphatic rings. The molecule has 0 aromatic heterocycles. The second kappa shape index (κ2) is 3.95. The number of hydrogen-bond acceptors (Lipinski definition) is 0. The SMILES string of the molecule is C=[Si]PP. The first-order valence-electron chi connectivity index (χ1n) is 0.892. The summed E-state index contributed by atoms with van der Waals surface area (Å²) in [4.78, 5) is 0. The Kier molecular flexibility index (Phi) is 4.88. The lowest BCUT2D eigenvalue weighted by Gasteiger charge is -1.57. The highest BCUT2D eigenvalue weighted by molar-refractivity contribution is 8.17. The van der Waals surface area contributed by atoms with Gasteiger partial charge in [0.2, 0.25) is 0 Å². The summed E-state index contributed by atoms with van der Waals surface area (Å²) in [6.45, 7) is 0. The van der Waals surface area contributed by atoms with Crippen LogP contribution in [0.15, 0.2) is 0 Å². The van der Waals surface area contributed by atoms with Crippen molar-refractivity contribution < 1.29 is 0 Å². The Morgan fingerprint density at radius 2 is 2.25 bits per heavy atom. The van der Waals surface area contributed by atoms with Crippen LogP contribution in [-0.2, 0) is 0 Å². The predicted molar refractivity (Wildman–Crippen MR) is 30.9 cm³/mol. The summed E-state index contributed by atoms with van der Waals surface area (Å²) in [5, 5.41) is 0. The van der Waals surface area contributed by atoms with Gasteiger partial charge in [-0.1, -0.05) is 7.82 Å². The van der Waals surface area contributed by atoms with Crippen LogP contribution in [0, 0.1) is 0 Å². The third kappa shape index (κ3) is 2.95. The van der Waals surface area contributed by atoms with Gasteiger partial charge in [-0.2, -0.15) is 0 Å². The molecule has 0 aliphatic carbocycles. The van der Waals surface area contributed by atoms with Crippen LogP contribution in [0.3, 0.4) is 0 Å². The first-order valence-corrected chi connectivity index (χ1v) is 5.91. The van der Waals surface area contributed by atoms with Crippen LogP contribution in [0.5, 0.6) is 0 Å². The Balaban J connectivity index is 2.30. The Hall–Kier alpha value is 0.947. The van der Waals surface area contributed by atoms with E-state index >= 15 is 0 Å². The van der Waals surface area contributed by atoms with Crippen molar-refractivity contribution in [2.75, 3.05) is 0 Å². The summed E-state index contributed by atoms with van der Waals surface area (Å²) >= 11 is 0. The molecule has 0 rings (SSSR count). The number of rotatable bonds is 1. The molecule has 0 aromatic rings. The third-order valence-electron chi connectivity index (χ3n) is 0.102. The van der Waals surface area contributed by atoms with E-state index in [0.717, 1.165) is 16.6 Å². The average Bonchev–Trinajstić information content (AvgIpc) is 1.37. The van der Waals surface area contributed by atoms with Gasteiger partial charge in [0.1, 0.15) is 0 Å². The van der Waals surface area contributed by atoms with Crippen LogP contribution in [0.25, 0.3) is 0 Å². The molecule has 0 aromatic carbocycles. The van der Waals surface area contributed by atoms with Crippen molar-refractivity contribution in [3.8, 4) is 0 Å². The molecular formula is CH5P2Si. The first-order chi connectivity index (χ1) is 1.91. The highest BCUT2D eigenvalue weighted by Gasteiger charge is 1.46. The highest BCUT2D eigenvalue weighted by atomic mass is 32.1. The summed E-state index contributed by atoms with van der Waals surface area (Å²) in [6.07, 6.45) is 3.62. The van der Waals surface area contributed by atoms with Crippen molar-refractivity contribution in [2.45, 2.75) is 0 Å². The first kappa shape index (κ1) is 4.95. The molecule has 0 aliphatic heterocycles. The Bertz CT molecular complexity index is 20.0. The third-order valence-corrected chi connectivity index (χ3v) is 2.76. The Morgan fingerprint density at radius 3 is 2.25 bits per heavy atom. The maximum absolute atomic E-state index is 3.62. The average molecular weight is 107 g/mol. The lowest BCUT2D eigenvalue weighted by molar-refractivity contribution is 4.42. The zero-order chi connectivity index (χ0) is 3.41. The van der Waals surface area contributed by atoms with Crippen molar-refractivity contribution in [2.24, 2.45) is 0 Å². The van der Waals surface area contributed by atoms with Crippen LogP contribution in [-0.4, -0.2) is 15.0 Å². The summed E-state index contributed by atoms with van der Waals surface area (Å²) in [6, 6.07) is 0. The standard InChI is InChI=1S/CH5P2Si/c1-4-3-2/h3H,1-2H2. The smallest absolute Gasteiger partial charge is 0.0470 e. The molecule has 0 saturated heterocycles. The van der Waals surface area contributed by atoms with Gasteiger partial charge in [0, 0.05) is 8.80 Å². The molecule has 0 nitrogen and oxygen atoms in total. The van der Waals surface area contributed by atoms with Crippen molar-refractivity contribution >= 4 is 31.7 Å². The molecule has 0 fully saturated rings. The minimum Gasteiger partial charge on any atom is -0.115 e. The van der Waals surface area contributed by atoms with Crippen molar-refractivity contribution in [3.63, 3.8) is 0 Å². The minimum atomic E-state index is 0.881. The van der Waals surface area contributed by atoms with Crippen LogP contribution >= 0.6 is 16.7 Å². The molecule has 0 bridgehead atoms. The fourth-order valence-electron chi connectivity index (χ4n) is 0. The second-order valence-electron chi connectivity index (χ2n) is 0.321. The molecular weight excluding hydrogens is 102 g/mol. The summed E-state index contributed by atoms with van der Waals surface area (Å²) in [5.41, 5.74) is 0. The van der Waals surface area contributed by atoms with Gasteiger partial charge in [-0.3, -0.25) is 0 Å². The van der Waals surface area contributed by atoms with Crippen molar-refractivity contribution in [3.05, 3.63) is 0 Å². The fourth-order valence-corrected chi connectivity index (χ4v) is 0. The van der Waals surface area contributed by atoms with E-state index in [4.69, 9.17) is 0 Å². The zero-order valence-electron chi connectivity index (χ0n) is 2.28. The number of hydrogen-bond donors (Lipinski definition) is 0. The molecule has 0 heterocycles. The van der Waals surface area contributed by atoms with Gasteiger partial charge >= 0.3 is 0 Å². The normalized spacial score (nSPS) is 9.25. The van der Waals surface area contributed by atoms with Gasteiger partial charge in [-0.15, -0.1) is 15.1 Å². The predicted octanol–water partition coefficient (Wildman–Crippen LogP) is 0.506. The lowest BCUT2D eigenvalue weighted by atomic mass is 12.0. The van der Waals surface area contributed by atoms with E-state index in [2.05, 4.69) is 15.1 Å². The zero-order valence-corrected chi connectivity index (χ0v) is 5.44. The van der Waals surface area contributed by atoms with E-state index < -0.39 is 0 Å². The minimum absolute atomic E-state index is 0.881. The molecule has 2 unspecified atom stereocenters. The summed E-state index contributed by atoms with van der Waals surface area (Å²) in [5.74, 6) is 0. The molecule has 0 spiro atoms. The lowest BCUT2D eigenvalue weighted by Crippen LogP contribution is -1.39. The Labute approximate surface area is 32.5 Å². The highest BCUT2D eigenvalue weighted by Crippen LogP contribution is 2.11. The van der Waals surface area contributed by atoms with Gasteiger partial charge in [0.15, 0.2) is 0 Å². The monoisotopic (exact) mass is 107 g/mol. The van der Waals surface area contributed by atoms with Crippen molar-refractivity contribution in [1.29, 1.82) is 0 Å². The van der Waals surface area contributed by atoms with E-state index in [0.29, 0.717) is 0 Å². The quantitative estimate of drug-likeness (QED) is 0.338. The van der Waals surface area contributed by atoms with Crippen LogP contribution in [0.2, 0.25) is 0 Å². The van der Waals surface area contributed by atoms with Gasteiger partial charge in [-0.05, 0) is 0 Å². The molecule has 0 N–H and O–H groups in total. The van der Waals surface area contributed by atoms with Gasteiger partial charge < -0.3 is 0 Å². The molecule has 3 heteroatoms.